The Labute approximate surface area is 70.5 Å². The molecule has 0 radical (unpaired) electrons. The van der Waals surface area contributed by atoms with Crippen LogP contribution in [-0.2, 0) is 0 Å². The molecule has 0 nitrogen and oxygen atoms in total. The Hall–Kier alpha value is 1.58. The van der Waals surface area contributed by atoms with Crippen molar-refractivity contribution in [1.82, 2.24) is 0 Å². The first-order valence-electron chi connectivity index (χ1n) is 1.53. The molecule has 3 heteroatoms. The second kappa shape index (κ2) is 9.77. The van der Waals surface area contributed by atoms with Crippen LogP contribution in [0.5, 0.6) is 0 Å². The van der Waals surface area contributed by atoms with Gasteiger partial charge in [-0.2, -0.15) is 0 Å². The van der Waals surface area contributed by atoms with Gasteiger partial charge in [0.1, 0.15) is 0 Å². The zero-order valence-electron chi connectivity index (χ0n) is 2.88. The molecule has 0 aromatic heterocycles. The number of alkyl halides is 2. The van der Waals surface area contributed by atoms with Crippen LogP contribution < -0.4 is 0 Å². The van der Waals surface area contributed by atoms with Crippen LogP contribution in [0, 0.1) is 0 Å². The zero-order valence-corrected chi connectivity index (χ0v) is 4.39. The van der Waals surface area contributed by atoms with E-state index in [4.69, 9.17) is 23.2 Å². The van der Waals surface area contributed by atoms with Crippen LogP contribution in [0.15, 0.2) is 0 Å². The molecule has 0 amide bonds. The fourth-order valence-corrected chi connectivity index (χ4v) is 0.455. The summed E-state index contributed by atoms with van der Waals surface area (Å²) >= 11 is 10.4. The summed E-state index contributed by atoms with van der Waals surface area (Å²) in [6, 6.07) is 0. The molecule has 0 fully saturated rings. The molecule has 0 atom stereocenters. The maximum atomic E-state index is 5.22. The third-order valence-corrected chi connectivity index (χ3v) is 0.802. The summed E-state index contributed by atoms with van der Waals surface area (Å²) in [6.45, 7) is 0. The third-order valence-electron chi connectivity index (χ3n) is 0.267. The molecule has 0 aromatic rings. The molecular weight excluding hydrogens is 130 g/mol. The molecule has 0 unspecified atom stereocenters. The normalized spacial score (nSPS) is 7.00. The minimum absolute atomic E-state index is 0. The molecule has 0 aliphatic heterocycles. The zero-order chi connectivity index (χ0) is 4.12. The molecule has 0 rings (SSSR count). The topological polar surface area (TPSA) is 0 Å². The van der Waals surface area contributed by atoms with Gasteiger partial charge in [-0.1, -0.05) is 0 Å². The standard InChI is InChI=1S/C3H6Cl2.Na.H/c4-2-1-3-5;;/h1-3H2;;. The fourth-order valence-electron chi connectivity index (χ4n) is 0.0505. The molecule has 0 N–H and O–H groups in total. The molecule has 6 heavy (non-hydrogen) atoms. The molecular formula is C3H7Cl2Na. The van der Waals surface area contributed by atoms with Crippen LogP contribution >= 0.6 is 23.2 Å². The van der Waals surface area contributed by atoms with E-state index in [0.29, 0.717) is 11.8 Å². The van der Waals surface area contributed by atoms with Gasteiger partial charge < -0.3 is 0 Å². The summed E-state index contributed by atoms with van der Waals surface area (Å²) in [5.74, 6) is 1.37. The second-order valence-corrected chi connectivity index (χ2v) is 1.49. The van der Waals surface area contributed by atoms with Crippen molar-refractivity contribution in [3.05, 3.63) is 0 Å². The third kappa shape index (κ3) is 9.13. The van der Waals surface area contributed by atoms with E-state index in [0.717, 1.165) is 6.42 Å². The van der Waals surface area contributed by atoms with Crippen molar-refractivity contribution in [2.45, 2.75) is 6.42 Å². The first-order valence-corrected chi connectivity index (χ1v) is 2.60. The van der Waals surface area contributed by atoms with Crippen molar-refractivity contribution in [2.75, 3.05) is 11.8 Å². The van der Waals surface area contributed by atoms with Crippen molar-refractivity contribution in [3.8, 4) is 0 Å². The monoisotopic (exact) mass is 136 g/mol. The van der Waals surface area contributed by atoms with Crippen LogP contribution in [0.2, 0.25) is 0 Å². The molecule has 0 bridgehead atoms. The minimum atomic E-state index is 0. The predicted molar refractivity (Wildman–Crippen MR) is 33.2 cm³/mol. The summed E-state index contributed by atoms with van der Waals surface area (Å²) in [7, 11) is 0. The van der Waals surface area contributed by atoms with E-state index in [1.165, 1.54) is 0 Å². The van der Waals surface area contributed by atoms with Crippen LogP contribution in [0.4, 0.5) is 0 Å². The van der Waals surface area contributed by atoms with Crippen LogP contribution in [-0.4, -0.2) is 41.3 Å². The first kappa shape index (κ1) is 10.5. The van der Waals surface area contributed by atoms with Crippen molar-refractivity contribution in [3.63, 3.8) is 0 Å². The number of rotatable bonds is 2. The van der Waals surface area contributed by atoms with Crippen LogP contribution in [0.25, 0.3) is 0 Å². The summed E-state index contributed by atoms with van der Waals surface area (Å²) in [6.07, 6.45) is 0.920. The molecule has 0 heterocycles. The summed E-state index contributed by atoms with van der Waals surface area (Å²) in [4.78, 5) is 0. The van der Waals surface area contributed by atoms with Gasteiger partial charge in [0.05, 0.1) is 0 Å². The van der Waals surface area contributed by atoms with E-state index in [2.05, 4.69) is 0 Å². The first-order chi connectivity index (χ1) is 2.41. The Bertz CT molecular complexity index is 16.3. The van der Waals surface area contributed by atoms with Crippen molar-refractivity contribution < 1.29 is 0 Å². The summed E-state index contributed by atoms with van der Waals surface area (Å²) in [5.41, 5.74) is 0. The molecule has 0 aliphatic carbocycles. The van der Waals surface area contributed by atoms with E-state index < -0.39 is 0 Å². The Kier molecular flexibility index (Phi) is 17.2. The van der Waals surface area contributed by atoms with Gasteiger partial charge in [-0.15, -0.1) is 23.2 Å². The quantitative estimate of drug-likeness (QED) is 0.396. The fraction of sp³-hybridized carbons (Fsp3) is 1.00. The van der Waals surface area contributed by atoms with Crippen molar-refractivity contribution in [1.29, 1.82) is 0 Å². The van der Waals surface area contributed by atoms with Gasteiger partial charge in [-0.3, -0.25) is 0 Å². The Morgan fingerprint density at radius 3 is 1.33 bits per heavy atom. The van der Waals surface area contributed by atoms with E-state index >= 15 is 0 Å². The van der Waals surface area contributed by atoms with Crippen molar-refractivity contribution >= 4 is 52.8 Å². The van der Waals surface area contributed by atoms with E-state index in [1.54, 1.807) is 0 Å². The molecule has 0 saturated carbocycles. The number of hydrogen-bond donors (Lipinski definition) is 0. The average Bonchev–Trinajstić information content (AvgIpc) is 1.41. The molecule has 0 saturated heterocycles. The van der Waals surface area contributed by atoms with Gasteiger partial charge in [0.2, 0.25) is 0 Å². The Morgan fingerprint density at radius 1 is 1.00 bits per heavy atom. The number of hydrogen-bond acceptors (Lipinski definition) is 0. The Morgan fingerprint density at radius 2 is 1.33 bits per heavy atom. The van der Waals surface area contributed by atoms with Gasteiger partial charge in [0, 0.05) is 11.8 Å². The summed E-state index contributed by atoms with van der Waals surface area (Å²) in [5, 5.41) is 0. The SMILES string of the molecule is ClCCCCl.[NaH]. The van der Waals surface area contributed by atoms with Gasteiger partial charge in [0.25, 0.3) is 0 Å². The van der Waals surface area contributed by atoms with Gasteiger partial charge in [-0.25, -0.2) is 0 Å². The predicted octanol–water partition coefficient (Wildman–Crippen LogP) is 1.21. The van der Waals surface area contributed by atoms with Gasteiger partial charge in [0.15, 0.2) is 0 Å². The number of halogens is 2. The van der Waals surface area contributed by atoms with E-state index in [9.17, 15) is 0 Å². The molecule has 0 aliphatic rings. The van der Waals surface area contributed by atoms with Crippen LogP contribution in [0.3, 0.4) is 0 Å². The summed E-state index contributed by atoms with van der Waals surface area (Å²) < 4.78 is 0. The van der Waals surface area contributed by atoms with Gasteiger partial charge in [-0.05, 0) is 6.42 Å². The van der Waals surface area contributed by atoms with E-state index in [1.807, 2.05) is 0 Å². The molecule has 0 aromatic carbocycles. The average molecular weight is 137 g/mol. The second-order valence-electron chi connectivity index (χ2n) is 0.732. The molecule has 34 valence electrons. The van der Waals surface area contributed by atoms with E-state index in [-0.39, 0.29) is 29.6 Å². The molecule has 0 spiro atoms. The maximum absolute atomic E-state index is 5.22. The van der Waals surface area contributed by atoms with Crippen LogP contribution in [0.1, 0.15) is 6.42 Å². The van der Waals surface area contributed by atoms with Crippen molar-refractivity contribution in [2.24, 2.45) is 0 Å². The Balaban J connectivity index is 0. The van der Waals surface area contributed by atoms with Gasteiger partial charge >= 0.3 is 29.6 Å².